The van der Waals surface area contributed by atoms with Crippen LogP contribution < -0.4 is 16.0 Å². The summed E-state index contributed by atoms with van der Waals surface area (Å²) in [5.41, 5.74) is 1.73. The molecule has 0 aromatic heterocycles. The van der Waals surface area contributed by atoms with Gasteiger partial charge in [0.2, 0.25) is 11.8 Å². The minimum absolute atomic E-state index is 0.122. The molecule has 2 aromatic carbocycles. The van der Waals surface area contributed by atoms with Gasteiger partial charge in [0, 0.05) is 30.2 Å². The van der Waals surface area contributed by atoms with E-state index in [4.69, 9.17) is 16.3 Å². The largest absolute Gasteiger partial charge is 0.444 e. The molecule has 2 aromatic rings. The van der Waals surface area contributed by atoms with Crippen molar-refractivity contribution in [1.29, 1.82) is 0 Å². The third-order valence-corrected chi connectivity index (χ3v) is 4.43. The Kier molecular flexibility index (Phi) is 8.88. The summed E-state index contributed by atoms with van der Waals surface area (Å²) in [6, 6.07) is 14.4. The van der Waals surface area contributed by atoms with E-state index in [9.17, 15) is 14.4 Å². The number of halogens is 1. The van der Waals surface area contributed by atoms with E-state index in [-0.39, 0.29) is 31.2 Å². The number of hydrogen-bond donors (Lipinski definition) is 3. The summed E-state index contributed by atoms with van der Waals surface area (Å²) < 4.78 is 5.11. The molecule has 0 atom stereocenters. The molecule has 0 fully saturated rings. The molecule has 8 heteroatoms. The average Bonchev–Trinajstić information content (AvgIpc) is 2.68. The minimum Gasteiger partial charge on any atom is -0.444 e. The van der Waals surface area contributed by atoms with Crippen molar-refractivity contribution in [3.05, 3.63) is 64.7 Å². The predicted molar refractivity (Wildman–Crippen MR) is 121 cm³/mol. The Morgan fingerprint density at radius 3 is 2.26 bits per heavy atom. The van der Waals surface area contributed by atoms with E-state index in [1.54, 1.807) is 39.0 Å². The zero-order valence-electron chi connectivity index (χ0n) is 18.0. The molecule has 0 bridgehead atoms. The van der Waals surface area contributed by atoms with Crippen LogP contribution in [0, 0.1) is 0 Å². The number of rotatable bonds is 8. The lowest BCUT2D eigenvalue weighted by Gasteiger charge is -2.19. The molecule has 7 nitrogen and oxygen atoms in total. The van der Waals surface area contributed by atoms with Gasteiger partial charge < -0.3 is 20.7 Å². The van der Waals surface area contributed by atoms with Crippen LogP contribution in [0.4, 0.5) is 10.5 Å². The second-order valence-electron chi connectivity index (χ2n) is 7.97. The Balaban J connectivity index is 1.71. The fraction of sp³-hybridized carbons (Fsp3) is 0.348. The van der Waals surface area contributed by atoms with Gasteiger partial charge in [0.25, 0.3) is 0 Å². The molecule has 0 unspecified atom stereocenters. The Labute approximate surface area is 187 Å². The molecule has 0 saturated heterocycles. The van der Waals surface area contributed by atoms with E-state index >= 15 is 0 Å². The maximum absolute atomic E-state index is 12.1. The van der Waals surface area contributed by atoms with Crippen LogP contribution in [0.25, 0.3) is 0 Å². The number of alkyl carbamates (subject to hydrolysis) is 1. The number of ether oxygens (including phenoxy) is 1. The first-order valence-electron chi connectivity index (χ1n) is 9.98. The Hall–Kier alpha value is -3.06. The lowest BCUT2D eigenvalue weighted by molar-refractivity contribution is -0.120. The number of amides is 3. The minimum atomic E-state index is -0.581. The average molecular weight is 446 g/mol. The van der Waals surface area contributed by atoms with Crippen molar-refractivity contribution in [3.8, 4) is 0 Å². The predicted octanol–water partition coefficient (Wildman–Crippen LogP) is 4.05. The fourth-order valence-corrected chi connectivity index (χ4v) is 2.80. The summed E-state index contributed by atoms with van der Waals surface area (Å²) in [6.45, 7) is 5.86. The number of anilines is 1. The lowest BCUT2D eigenvalue weighted by Crippen LogP contribution is -2.34. The highest BCUT2D eigenvalue weighted by Crippen LogP contribution is 2.15. The van der Waals surface area contributed by atoms with E-state index in [0.717, 1.165) is 11.1 Å². The first-order valence-corrected chi connectivity index (χ1v) is 10.4. The Morgan fingerprint density at radius 1 is 0.935 bits per heavy atom. The summed E-state index contributed by atoms with van der Waals surface area (Å²) in [4.78, 5) is 35.7. The zero-order chi connectivity index (χ0) is 22.9. The first-order chi connectivity index (χ1) is 14.6. The molecule has 0 aliphatic rings. The zero-order valence-corrected chi connectivity index (χ0v) is 18.7. The summed E-state index contributed by atoms with van der Waals surface area (Å²) in [5, 5.41) is 8.73. The molecule has 3 amide bonds. The van der Waals surface area contributed by atoms with E-state index in [2.05, 4.69) is 16.0 Å². The highest BCUT2D eigenvalue weighted by Gasteiger charge is 2.16. The van der Waals surface area contributed by atoms with E-state index in [1.165, 1.54) is 0 Å². The van der Waals surface area contributed by atoms with Crippen molar-refractivity contribution in [1.82, 2.24) is 10.6 Å². The molecule has 0 aliphatic heterocycles. The first kappa shape index (κ1) is 24.2. The van der Waals surface area contributed by atoms with Crippen molar-refractivity contribution < 1.29 is 19.1 Å². The van der Waals surface area contributed by atoms with Crippen LogP contribution in [0.5, 0.6) is 0 Å². The van der Waals surface area contributed by atoms with Crippen LogP contribution in [0.1, 0.15) is 38.3 Å². The lowest BCUT2D eigenvalue weighted by atomic mass is 10.1. The quantitative estimate of drug-likeness (QED) is 0.571. The highest BCUT2D eigenvalue weighted by atomic mass is 35.5. The normalized spacial score (nSPS) is 10.8. The SMILES string of the molecule is CC(C)(C)OC(=O)NCCC(=O)Nc1ccc(CNC(=O)Cc2ccccc2Cl)cc1. The topological polar surface area (TPSA) is 96.5 Å². The van der Waals surface area contributed by atoms with Crippen LogP contribution in [0.15, 0.2) is 48.5 Å². The van der Waals surface area contributed by atoms with Gasteiger partial charge in [0.15, 0.2) is 0 Å². The third-order valence-electron chi connectivity index (χ3n) is 4.06. The summed E-state index contributed by atoms with van der Waals surface area (Å²) in [6.07, 6.45) is -0.217. The van der Waals surface area contributed by atoms with Gasteiger partial charge in [-0.25, -0.2) is 4.79 Å². The third kappa shape index (κ3) is 9.53. The van der Waals surface area contributed by atoms with E-state index in [1.807, 2.05) is 30.3 Å². The summed E-state index contributed by atoms with van der Waals surface area (Å²) in [5.74, 6) is -0.347. The number of hydrogen-bond acceptors (Lipinski definition) is 4. The van der Waals surface area contributed by atoms with Crippen LogP contribution in [-0.4, -0.2) is 30.1 Å². The smallest absolute Gasteiger partial charge is 0.407 e. The standard InChI is InChI=1S/C23H28ClN3O4/c1-23(2,3)31-22(30)25-13-12-20(28)27-18-10-8-16(9-11-18)15-26-21(29)14-17-6-4-5-7-19(17)24/h4-11H,12-15H2,1-3H3,(H,25,30)(H,26,29)(H,27,28). The van der Waals surface area contributed by atoms with Gasteiger partial charge in [-0.2, -0.15) is 0 Å². The second kappa shape index (κ2) is 11.4. The molecule has 2 rings (SSSR count). The summed E-state index contributed by atoms with van der Waals surface area (Å²) in [7, 11) is 0. The molecule has 0 saturated carbocycles. The molecule has 0 radical (unpaired) electrons. The molecular weight excluding hydrogens is 418 g/mol. The monoisotopic (exact) mass is 445 g/mol. The number of nitrogens with one attached hydrogen (secondary N) is 3. The molecular formula is C23H28ClN3O4. The van der Waals surface area contributed by atoms with Gasteiger partial charge in [-0.05, 0) is 50.1 Å². The highest BCUT2D eigenvalue weighted by molar-refractivity contribution is 6.31. The van der Waals surface area contributed by atoms with Crippen LogP contribution in [-0.2, 0) is 27.3 Å². The fourth-order valence-electron chi connectivity index (χ4n) is 2.60. The van der Waals surface area contributed by atoms with Gasteiger partial charge in [-0.15, -0.1) is 0 Å². The van der Waals surface area contributed by atoms with Crippen molar-refractivity contribution in [3.63, 3.8) is 0 Å². The molecule has 0 heterocycles. The molecule has 0 aliphatic carbocycles. The van der Waals surface area contributed by atoms with Crippen molar-refractivity contribution in [2.45, 2.75) is 45.8 Å². The van der Waals surface area contributed by atoms with Gasteiger partial charge in [-0.3, -0.25) is 9.59 Å². The molecule has 31 heavy (non-hydrogen) atoms. The number of benzene rings is 2. The second-order valence-corrected chi connectivity index (χ2v) is 8.38. The van der Waals surface area contributed by atoms with Crippen LogP contribution in [0.2, 0.25) is 5.02 Å². The Bertz CT molecular complexity index is 908. The molecule has 3 N–H and O–H groups in total. The maximum atomic E-state index is 12.1. The maximum Gasteiger partial charge on any atom is 0.407 e. The van der Waals surface area contributed by atoms with Crippen molar-refractivity contribution in [2.24, 2.45) is 0 Å². The summed E-state index contributed by atoms with van der Waals surface area (Å²) >= 11 is 6.08. The van der Waals surface area contributed by atoms with Crippen molar-refractivity contribution in [2.75, 3.05) is 11.9 Å². The van der Waals surface area contributed by atoms with E-state index < -0.39 is 11.7 Å². The van der Waals surface area contributed by atoms with Crippen LogP contribution >= 0.6 is 11.6 Å². The van der Waals surface area contributed by atoms with Crippen LogP contribution in [0.3, 0.4) is 0 Å². The van der Waals surface area contributed by atoms with Gasteiger partial charge >= 0.3 is 6.09 Å². The molecule has 0 spiro atoms. The number of carbonyl (C=O) groups is 3. The van der Waals surface area contributed by atoms with E-state index in [0.29, 0.717) is 17.3 Å². The number of carbonyl (C=O) groups excluding carboxylic acids is 3. The Morgan fingerprint density at radius 2 is 1.61 bits per heavy atom. The van der Waals surface area contributed by atoms with Gasteiger partial charge in [-0.1, -0.05) is 41.9 Å². The van der Waals surface area contributed by atoms with Gasteiger partial charge in [0.05, 0.1) is 6.42 Å². The van der Waals surface area contributed by atoms with Gasteiger partial charge in [0.1, 0.15) is 5.60 Å². The van der Waals surface area contributed by atoms with Crippen molar-refractivity contribution >= 4 is 35.2 Å². The molecule has 166 valence electrons.